The molecule has 1 amide bonds. The molecule has 1 aromatic carbocycles. The van der Waals surface area contributed by atoms with E-state index in [0.717, 1.165) is 30.8 Å². The summed E-state index contributed by atoms with van der Waals surface area (Å²) in [7, 11) is 0. The summed E-state index contributed by atoms with van der Waals surface area (Å²) in [6, 6.07) is 9.31. The van der Waals surface area contributed by atoms with Crippen LogP contribution in [0.4, 0.5) is 17.6 Å². The van der Waals surface area contributed by atoms with Crippen molar-refractivity contribution in [1.29, 1.82) is 0 Å². The number of imidazole rings is 1. The number of hydrogen-bond acceptors (Lipinski definition) is 6. The first-order valence-corrected chi connectivity index (χ1v) is 13.8. The van der Waals surface area contributed by atoms with Crippen LogP contribution in [0, 0.1) is 5.95 Å². The molecule has 1 fully saturated rings. The van der Waals surface area contributed by atoms with Crippen LogP contribution in [0.1, 0.15) is 34.1 Å². The molecular formula is C29H26ClF4N5O3. The van der Waals surface area contributed by atoms with E-state index < -0.39 is 29.6 Å². The summed E-state index contributed by atoms with van der Waals surface area (Å²) < 4.78 is 67.8. The van der Waals surface area contributed by atoms with Crippen molar-refractivity contribution in [3.8, 4) is 5.75 Å². The van der Waals surface area contributed by atoms with Gasteiger partial charge in [0, 0.05) is 50.6 Å². The van der Waals surface area contributed by atoms with E-state index >= 15 is 4.39 Å². The molecule has 0 saturated carbocycles. The first-order chi connectivity index (χ1) is 20.2. The number of halogens is 5. The Bertz CT molecular complexity index is 1620. The molecule has 1 unspecified atom stereocenters. The molecule has 3 aromatic heterocycles. The molecular weight excluding hydrogens is 578 g/mol. The zero-order valence-corrected chi connectivity index (χ0v) is 23.0. The zero-order valence-electron chi connectivity index (χ0n) is 22.3. The van der Waals surface area contributed by atoms with Gasteiger partial charge in [-0.25, -0.2) is 9.97 Å². The van der Waals surface area contributed by atoms with Crippen molar-refractivity contribution in [2.75, 3.05) is 39.5 Å². The van der Waals surface area contributed by atoms with Crippen molar-refractivity contribution < 1.29 is 31.8 Å². The predicted octanol–water partition coefficient (Wildman–Crippen LogP) is 4.93. The maximum Gasteiger partial charge on any atom is 0.416 e. The Hall–Kier alpha value is -3.74. The fourth-order valence-corrected chi connectivity index (χ4v) is 5.71. The van der Waals surface area contributed by atoms with E-state index in [9.17, 15) is 18.0 Å². The Morgan fingerprint density at radius 3 is 2.67 bits per heavy atom. The van der Waals surface area contributed by atoms with Crippen LogP contribution in [0.5, 0.6) is 5.75 Å². The third-order valence-electron chi connectivity index (χ3n) is 7.49. The molecule has 1 saturated heterocycles. The number of alkyl halides is 3. The molecule has 42 heavy (non-hydrogen) atoms. The van der Waals surface area contributed by atoms with Gasteiger partial charge in [-0.15, -0.1) is 0 Å². The third kappa shape index (κ3) is 5.66. The molecule has 2 aliphatic heterocycles. The van der Waals surface area contributed by atoms with Crippen LogP contribution in [0.15, 0.2) is 54.9 Å². The van der Waals surface area contributed by atoms with Crippen LogP contribution in [0.25, 0.3) is 5.65 Å². The van der Waals surface area contributed by atoms with Gasteiger partial charge in [0.1, 0.15) is 17.4 Å². The highest BCUT2D eigenvalue weighted by molar-refractivity contribution is 6.32. The highest BCUT2D eigenvalue weighted by Gasteiger charge is 2.38. The number of morpholine rings is 1. The molecule has 0 bridgehead atoms. The standard InChI is InChI=1S/C29H26ClF4N5O3/c30-21-14-18(16-37-10-12-41-13-11-37)3-4-23(21)42-17-25(40)39-9-6-22-27(26(39)20-2-1-7-35-28(20)31)38-8-5-19(29(32,33)34)15-24(38)36-22/h1-5,7-8,14-15,26H,6,9-13,16-17H2. The summed E-state index contributed by atoms with van der Waals surface area (Å²) in [6.45, 7) is 3.50. The highest BCUT2D eigenvalue weighted by Crippen LogP contribution is 2.38. The number of hydrogen-bond donors (Lipinski definition) is 0. The van der Waals surface area contributed by atoms with Gasteiger partial charge in [-0.2, -0.15) is 17.6 Å². The smallest absolute Gasteiger partial charge is 0.416 e. The summed E-state index contributed by atoms with van der Waals surface area (Å²) >= 11 is 6.48. The maximum absolute atomic E-state index is 15.1. The number of nitrogens with zero attached hydrogens (tertiary/aromatic N) is 5. The van der Waals surface area contributed by atoms with Gasteiger partial charge in [0.2, 0.25) is 5.95 Å². The van der Waals surface area contributed by atoms with Crippen LogP contribution in [0.3, 0.4) is 0 Å². The molecule has 13 heteroatoms. The van der Waals surface area contributed by atoms with Crippen LogP contribution < -0.4 is 4.74 Å². The lowest BCUT2D eigenvalue weighted by atomic mass is 9.96. The second kappa shape index (κ2) is 11.5. The highest BCUT2D eigenvalue weighted by atomic mass is 35.5. The largest absolute Gasteiger partial charge is 0.482 e. The van der Waals surface area contributed by atoms with Gasteiger partial charge < -0.3 is 18.8 Å². The summed E-state index contributed by atoms with van der Waals surface area (Å²) in [5, 5.41) is 0.353. The van der Waals surface area contributed by atoms with Crippen molar-refractivity contribution in [2.45, 2.75) is 25.2 Å². The molecule has 5 heterocycles. The van der Waals surface area contributed by atoms with E-state index in [4.69, 9.17) is 21.1 Å². The zero-order chi connectivity index (χ0) is 29.4. The number of carbonyl (C=O) groups is 1. The van der Waals surface area contributed by atoms with Crippen LogP contribution in [0.2, 0.25) is 5.02 Å². The number of fused-ring (bicyclic) bond motifs is 3. The van der Waals surface area contributed by atoms with Crippen molar-refractivity contribution in [3.63, 3.8) is 0 Å². The Balaban J connectivity index is 1.26. The van der Waals surface area contributed by atoms with Crippen molar-refractivity contribution >= 4 is 23.2 Å². The second-order valence-electron chi connectivity index (χ2n) is 10.2. The number of carbonyl (C=O) groups excluding carboxylic acids is 1. The lowest BCUT2D eigenvalue weighted by molar-refractivity contribution is -0.137. The summed E-state index contributed by atoms with van der Waals surface area (Å²) in [5.41, 5.74) is 1.17. The predicted molar refractivity (Wildman–Crippen MR) is 145 cm³/mol. The van der Waals surface area contributed by atoms with Crippen molar-refractivity contribution in [3.05, 3.63) is 93.9 Å². The Labute approximate surface area is 243 Å². The fourth-order valence-electron chi connectivity index (χ4n) is 5.45. The van der Waals surface area contributed by atoms with E-state index in [0.29, 0.717) is 41.9 Å². The molecule has 2 aliphatic rings. The Morgan fingerprint density at radius 1 is 1.12 bits per heavy atom. The average Bonchev–Trinajstić information content (AvgIpc) is 3.35. The van der Waals surface area contributed by atoms with E-state index in [1.54, 1.807) is 12.1 Å². The Morgan fingerprint density at radius 2 is 1.93 bits per heavy atom. The molecule has 4 aromatic rings. The minimum Gasteiger partial charge on any atom is -0.482 e. The Kier molecular flexibility index (Phi) is 7.77. The number of amides is 1. The third-order valence-corrected chi connectivity index (χ3v) is 7.78. The average molecular weight is 604 g/mol. The summed E-state index contributed by atoms with van der Waals surface area (Å²) in [4.78, 5) is 25.4. The normalized spacial score (nSPS) is 17.8. The first kappa shape index (κ1) is 28.4. The maximum atomic E-state index is 15.1. The lowest BCUT2D eigenvalue weighted by Crippen LogP contribution is -2.43. The topological polar surface area (TPSA) is 72.2 Å². The van der Waals surface area contributed by atoms with Gasteiger partial charge in [-0.3, -0.25) is 9.69 Å². The lowest BCUT2D eigenvalue weighted by Gasteiger charge is -2.35. The van der Waals surface area contributed by atoms with Crippen molar-refractivity contribution in [1.82, 2.24) is 24.2 Å². The van der Waals surface area contributed by atoms with E-state index in [1.807, 2.05) is 6.07 Å². The molecule has 0 N–H and O–H groups in total. The number of pyridine rings is 2. The van der Waals surface area contributed by atoms with Gasteiger partial charge in [0.15, 0.2) is 6.61 Å². The quantitative estimate of drug-likeness (QED) is 0.230. The minimum absolute atomic E-state index is 0.0543. The number of benzene rings is 1. The van der Waals surface area contributed by atoms with E-state index in [-0.39, 0.29) is 30.8 Å². The fraction of sp³-hybridized carbons (Fsp3) is 0.345. The molecule has 6 rings (SSSR count). The van der Waals surface area contributed by atoms with Gasteiger partial charge in [-0.1, -0.05) is 23.7 Å². The van der Waals surface area contributed by atoms with Gasteiger partial charge in [0.25, 0.3) is 5.91 Å². The SMILES string of the molecule is O=C(COc1ccc(CN2CCOCC2)cc1Cl)N1CCc2nc3cc(C(F)(F)F)ccn3c2C1c1cccnc1F. The number of aromatic nitrogens is 3. The second-order valence-corrected chi connectivity index (χ2v) is 10.6. The van der Waals surface area contributed by atoms with E-state index in [2.05, 4.69) is 14.9 Å². The van der Waals surface area contributed by atoms with Crippen molar-refractivity contribution in [2.24, 2.45) is 0 Å². The monoisotopic (exact) mass is 603 g/mol. The summed E-state index contributed by atoms with van der Waals surface area (Å²) in [5.74, 6) is -0.925. The molecule has 1 atom stereocenters. The first-order valence-electron chi connectivity index (χ1n) is 13.4. The van der Waals surface area contributed by atoms with Gasteiger partial charge in [0.05, 0.1) is 35.2 Å². The minimum atomic E-state index is -4.55. The van der Waals surface area contributed by atoms with Crippen LogP contribution >= 0.6 is 11.6 Å². The summed E-state index contributed by atoms with van der Waals surface area (Å²) in [6.07, 6.45) is -1.76. The van der Waals surface area contributed by atoms with Crippen LogP contribution in [-0.2, 0) is 28.7 Å². The molecule has 0 aliphatic carbocycles. The molecule has 220 valence electrons. The van der Waals surface area contributed by atoms with Crippen LogP contribution in [-0.4, -0.2) is 69.5 Å². The molecule has 0 radical (unpaired) electrons. The number of rotatable bonds is 6. The number of ether oxygens (including phenoxy) is 2. The molecule has 8 nitrogen and oxygen atoms in total. The van der Waals surface area contributed by atoms with E-state index in [1.165, 1.54) is 33.8 Å². The van der Waals surface area contributed by atoms with Gasteiger partial charge >= 0.3 is 6.18 Å². The molecule has 0 spiro atoms. The van der Waals surface area contributed by atoms with Gasteiger partial charge in [-0.05, 0) is 35.9 Å².